The number of aliphatic hydroxyl groups excluding tert-OH is 1. The molecular weight excluding hydrogens is 148 g/mol. The summed E-state index contributed by atoms with van der Waals surface area (Å²) in [6.07, 6.45) is 2.86. The van der Waals surface area contributed by atoms with Gasteiger partial charge in [-0.3, -0.25) is 0 Å². The topological polar surface area (TPSA) is 20.2 Å². The lowest BCUT2D eigenvalue weighted by Gasteiger charge is -2.30. The molecule has 0 aliphatic carbocycles. The molecular formula is C11H24O. The van der Waals surface area contributed by atoms with E-state index in [1.54, 1.807) is 0 Å². The third kappa shape index (κ3) is 4.10. The first kappa shape index (κ1) is 12.0. The van der Waals surface area contributed by atoms with Gasteiger partial charge in [0.05, 0.1) is 6.10 Å². The van der Waals surface area contributed by atoms with Crippen LogP contribution in [0.4, 0.5) is 0 Å². The second-order valence-corrected chi connectivity index (χ2v) is 4.74. The molecule has 0 aromatic rings. The van der Waals surface area contributed by atoms with Crippen molar-refractivity contribution >= 4 is 0 Å². The summed E-state index contributed by atoms with van der Waals surface area (Å²) in [5.74, 6) is 0.696. The van der Waals surface area contributed by atoms with Crippen LogP contribution in [0.3, 0.4) is 0 Å². The van der Waals surface area contributed by atoms with Crippen LogP contribution >= 0.6 is 0 Å². The van der Waals surface area contributed by atoms with Crippen LogP contribution in [0.2, 0.25) is 0 Å². The Labute approximate surface area is 77.2 Å². The van der Waals surface area contributed by atoms with Gasteiger partial charge in [-0.1, -0.05) is 34.6 Å². The quantitative estimate of drug-likeness (QED) is 0.675. The minimum Gasteiger partial charge on any atom is -0.393 e. The van der Waals surface area contributed by atoms with E-state index < -0.39 is 0 Å². The standard InChI is InChI=1S/C11H24O/c1-6-10(12)7-8-11(4,5)9(2)3/h9-10,12H,6-8H2,1-5H3. The van der Waals surface area contributed by atoms with Gasteiger partial charge in [0.1, 0.15) is 0 Å². The SMILES string of the molecule is CCC(O)CCC(C)(C)C(C)C. The van der Waals surface area contributed by atoms with E-state index in [9.17, 15) is 5.11 Å². The van der Waals surface area contributed by atoms with E-state index in [1.165, 1.54) is 0 Å². The van der Waals surface area contributed by atoms with Gasteiger partial charge >= 0.3 is 0 Å². The summed E-state index contributed by atoms with van der Waals surface area (Å²) in [4.78, 5) is 0. The monoisotopic (exact) mass is 172 g/mol. The van der Waals surface area contributed by atoms with Gasteiger partial charge in [-0.05, 0) is 30.6 Å². The highest BCUT2D eigenvalue weighted by Gasteiger charge is 2.22. The smallest absolute Gasteiger partial charge is 0.0537 e. The molecule has 1 unspecified atom stereocenters. The van der Waals surface area contributed by atoms with E-state index in [0.29, 0.717) is 11.3 Å². The van der Waals surface area contributed by atoms with Crippen molar-refractivity contribution < 1.29 is 5.11 Å². The average molecular weight is 172 g/mol. The van der Waals surface area contributed by atoms with Crippen molar-refractivity contribution in [2.24, 2.45) is 11.3 Å². The van der Waals surface area contributed by atoms with Crippen molar-refractivity contribution in [2.75, 3.05) is 0 Å². The highest BCUT2D eigenvalue weighted by molar-refractivity contribution is 4.73. The normalized spacial score (nSPS) is 15.2. The van der Waals surface area contributed by atoms with Crippen molar-refractivity contribution in [1.29, 1.82) is 0 Å². The summed E-state index contributed by atoms with van der Waals surface area (Å²) >= 11 is 0. The Morgan fingerprint density at radius 2 is 1.75 bits per heavy atom. The van der Waals surface area contributed by atoms with Gasteiger partial charge in [0.15, 0.2) is 0 Å². The molecule has 1 N–H and O–H groups in total. The summed E-state index contributed by atoms with van der Waals surface area (Å²) in [5, 5.41) is 9.40. The first-order chi connectivity index (χ1) is 5.40. The third-order valence-corrected chi connectivity index (χ3v) is 3.16. The summed E-state index contributed by atoms with van der Waals surface area (Å²) in [6, 6.07) is 0. The van der Waals surface area contributed by atoms with Crippen LogP contribution in [0.1, 0.15) is 53.9 Å². The molecule has 0 aliphatic rings. The number of hydrogen-bond donors (Lipinski definition) is 1. The van der Waals surface area contributed by atoms with Gasteiger partial charge in [-0.25, -0.2) is 0 Å². The molecule has 1 atom stereocenters. The molecule has 74 valence electrons. The second-order valence-electron chi connectivity index (χ2n) is 4.74. The highest BCUT2D eigenvalue weighted by Crippen LogP contribution is 2.31. The van der Waals surface area contributed by atoms with Gasteiger partial charge in [0, 0.05) is 0 Å². The molecule has 0 rings (SSSR count). The molecule has 0 aliphatic heterocycles. The van der Waals surface area contributed by atoms with E-state index in [4.69, 9.17) is 0 Å². The van der Waals surface area contributed by atoms with E-state index in [0.717, 1.165) is 19.3 Å². The fourth-order valence-corrected chi connectivity index (χ4v) is 1.03. The van der Waals surface area contributed by atoms with Crippen molar-refractivity contribution in [1.82, 2.24) is 0 Å². The number of hydrogen-bond acceptors (Lipinski definition) is 1. The lowest BCUT2D eigenvalue weighted by Crippen LogP contribution is -2.21. The molecule has 0 spiro atoms. The summed E-state index contributed by atoms with van der Waals surface area (Å²) in [6.45, 7) is 11.1. The van der Waals surface area contributed by atoms with E-state index in [2.05, 4.69) is 27.7 Å². The molecule has 0 heterocycles. The van der Waals surface area contributed by atoms with Crippen LogP contribution < -0.4 is 0 Å². The number of rotatable bonds is 5. The van der Waals surface area contributed by atoms with Gasteiger partial charge in [0.25, 0.3) is 0 Å². The molecule has 0 aromatic heterocycles. The van der Waals surface area contributed by atoms with Crippen LogP contribution in [0.25, 0.3) is 0 Å². The van der Waals surface area contributed by atoms with Gasteiger partial charge < -0.3 is 5.11 Å². The maximum Gasteiger partial charge on any atom is 0.0537 e. The molecule has 0 radical (unpaired) electrons. The summed E-state index contributed by atoms with van der Waals surface area (Å²) in [7, 11) is 0. The lowest BCUT2D eigenvalue weighted by molar-refractivity contribution is 0.123. The van der Waals surface area contributed by atoms with Crippen LogP contribution in [-0.2, 0) is 0 Å². The first-order valence-corrected chi connectivity index (χ1v) is 5.08. The van der Waals surface area contributed by atoms with Crippen LogP contribution in [0.15, 0.2) is 0 Å². The molecule has 0 saturated heterocycles. The van der Waals surface area contributed by atoms with Crippen LogP contribution in [-0.4, -0.2) is 11.2 Å². The van der Waals surface area contributed by atoms with Crippen molar-refractivity contribution in [3.63, 3.8) is 0 Å². The Kier molecular flexibility index (Phi) is 4.84. The predicted octanol–water partition coefficient (Wildman–Crippen LogP) is 3.22. The zero-order valence-electron chi connectivity index (χ0n) is 9.22. The summed E-state index contributed by atoms with van der Waals surface area (Å²) in [5.41, 5.74) is 0.371. The molecule has 1 nitrogen and oxygen atoms in total. The fourth-order valence-electron chi connectivity index (χ4n) is 1.03. The van der Waals surface area contributed by atoms with Crippen molar-refractivity contribution in [2.45, 2.75) is 60.0 Å². The molecule has 0 amide bonds. The zero-order valence-corrected chi connectivity index (χ0v) is 9.22. The predicted molar refractivity (Wildman–Crippen MR) is 54.2 cm³/mol. The summed E-state index contributed by atoms with van der Waals surface area (Å²) < 4.78 is 0. The molecule has 12 heavy (non-hydrogen) atoms. The molecule has 0 fully saturated rings. The van der Waals surface area contributed by atoms with E-state index in [1.807, 2.05) is 6.92 Å². The molecule has 0 aromatic carbocycles. The molecule has 0 bridgehead atoms. The zero-order chi connectivity index (χ0) is 9.78. The molecule has 0 saturated carbocycles. The largest absolute Gasteiger partial charge is 0.393 e. The minimum absolute atomic E-state index is 0.0944. The van der Waals surface area contributed by atoms with E-state index in [-0.39, 0.29) is 6.10 Å². The molecule has 1 heteroatoms. The Hall–Kier alpha value is -0.0400. The maximum atomic E-state index is 9.40. The Balaban J connectivity index is 3.75. The van der Waals surface area contributed by atoms with Crippen LogP contribution in [0.5, 0.6) is 0 Å². The van der Waals surface area contributed by atoms with Gasteiger partial charge in [-0.2, -0.15) is 0 Å². The highest BCUT2D eigenvalue weighted by atomic mass is 16.3. The van der Waals surface area contributed by atoms with E-state index >= 15 is 0 Å². The van der Waals surface area contributed by atoms with Gasteiger partial charge in [-0.15, -0.1) is 0 Å². The Morgan fingerprint density at radius 1 is 1.25 bits per heavy atom. The first-order valence-electron chi connectivity index (χ1n) is 5.08. The average Bonchev–Trinajstić information content (AvgIpc) is 2.00. The Bertz CT molecular complexity index is 116. The number of aliphatic hydroxyl groups is 1. The van der Waals surface area contributed by atoms with Crippen LogP contribution in [0, 0.1) is 11.3 Å². The second kappa shape index (κ2) is 4.86. The van der Waals surface area contributed by atoms with Gasteiger partial charge in [0.2, 0.25) is 0 Å². The minimum atomic E-state index is -0.0944. The van der Waals surface area contributed by atoms with Crippen molar-refractivity contribution in [3.05, 3.63) is 0 Å². The third-order valence-electron chi connectivity index (χ3n) is 3.16. The fraction of sp³-hybridized carbons (Fsp3) is 1.00. The van der Waals surface area contributed by atoms with Crippen molar-refractivity contribution in [3.8, 4) is 0 Å². The maximum absolute atomic E-state index is 9.40. The Morgan fingerprint density at radius 3 is 2.08 bits per heavy atom. The lowest BCUT2D eigenvalue weighted by atomic mass is 9.77.